The highest BCUT2D eigenvalue weighted by Crippen LogP contribution is 2.21. The van der Waals surface area contributed by atoms with Crippen LogP contribution in [0.3, 0.4) is 0 Å². The smallest absolute Gasteiger partial charge is 0.0512 e. The molecule has 50 valence electrons. The highest BCUT2D eigenvalue weighted by atomic mass is 79.9. The summed E-state index contributed by atoms with van der Waals surface area (Å²) in [6.45, 7) is 0. The molecule has 0 atom stereocenters. The van der Waals surface area contributed by atoms with Crippen LogP contribution in [0.2, 0.25) is 0 Å². The minimum Gasteiger partial charge on any atom is -0.400 e. The van der Waals surface area contributed by atoms with E-state index in [0.29, 0.717) is 5.70 Å². The van der Waals surface area contributed by atoms with Crippen molar-refractivity contribution in [1.82, 2.24) is 0 Å². The standard InChI is InChI=1S/C6H9BrN2/c7-4-1-2-5(8)6(9)3-4/h3H,1-2,8-9H2. The third kappa shape index (κ3) is 1.48. The molecular weight excluding hydrogens is 180 g/mol. The van der Waals surface area contributed by atoms with Crippen LogP contribution < -0.4 is 11.5 Å². The van der Waals surface area contributed by atoms with Crippen molar-refractivity contribution in [3.8, 4) is 0 Å². The Kier molecular flexibility index (Phi) is 1.81. The van der Waals surface area contributed by atoms with Gasteiger partial charge in [-0.3, -0.25) is 0 Å². The predicted octanol–water partition coefficient (Wildman–Crippen LogP) is 1.19. The molecule has 1 rings (SSSR count). The third-order valence-corrected chi connectivity index (χ3v) is 1.94. The van der Waals surface area contributed by atoms with Crippen molar-refractivity contribution in [2.45, 2.75) is 12.8 Å². The van der Waals surface area contributed by atoms with Gasteiger partial charge in [0.2, 0.25) is 0 Å². The van der Waals surface area contributed by atoms with Crippen molar-refractivity contribution < 1.29 is 0 Å². The van der Waals surface area contributed by atoms with Crippen LogP contribution in [0.4, 0.5) is 0 Å². The van der Waals surface area contributed by atoms with Gasteiger partial charge in [0.1, 0.15) is 0 Å². The molecule has 0 heterocycles. The van der Waals surface area contributed by atoms with Crippen LogP contribution in [0.25, 0.3) is 0 Å². The summed E-state index contributed by atoms with van der Waals surface area (Å²) >= 11 is 3.35. The van der Waals surface area contributed by atoms with Gasteiger partial charge in [0.05, 0.1) is 5.70 Å². The molecule has 0 radical (unpaired) electrons. The van der Waals surface area contributed by atoms with Crippen molar-refractivity contribution in [3.05, 3.63) is 22.0 Å². The van der Waals surface area contributed by atoms with Crippen LogP contribution in [0, 0.1) is 0 Å². The van der Waals surface area contributed by atoms with E-state index in [-0.39, 0.29) is 0 Å². The minimum atomic E-state index is 0.702. The lowest BCUT2D eigenvalue weighted by Gasteiger charge is -2.09. The van der Waals surface area contributed by atoms with E-state index in [0.717, 1.165) is 23.0 Å². The summed E-state index contributed by atoms with van der Waals surface area (Å²) in [6.07, 6.45) is 3.72. The van der Waals surface area contributed by atoms with Crippen LogP contribution >= 0.6 is 15.9 Å². The van der Waals surface area contributed by atoms with Crippen molar-refractivity contribution in [3.63, 3.8) is 0 Å². The summed E-state index contributed by atoms with van der Waals surface area (Å²) in [7, 11) is 0. The second kappa shape index (κ2) is 2.43. The topological polar surface area (TPSA) is 52.0 Å². The Balaban J connectivity index is 2.83. The van der Waals surface area contributed by atoms with E-state index in [1.807, 2.05) is 6.08 Å². The maximum Gasteiger partial charge on any atom is 0.0512 e. The molecule has 0 unspecified atom stereocenters. The van der Waals surface area contributed by atoms with E-state index in [4.69, 9.17) is 11.5 Å². The first-order valence-corrected chi connectivity index (χ1v) is 3.59. The number of allylic oxidation sites excluding steroid dienone is 3. The number of halogens is 1. The molecule has 1 aliphatic carbocycles. The van der Waals surface area contributed by atoms with Crippen molar-refractivity contribution >= 4 is 15.9 Å². The van der Waals surface area contributed by atoms with E-state index in [1.165, 1.54) is 0 Å². The Labute approximate surface area is 62.7 Å². The molecule has 1 aliphatic rings. The molecular formula is C6H9BrN2. The van der Waals surface area contributed by atoms with Crippen molar-refractivity contribution in [1.29, 1.82) is 0 Å². The molecule has 0 bridgehead atoms. The van der Waals surface area contributed by atoms with Crippen LogP contribution in [0.15, 0.2) is 22.0 Å². The molecule has 0 aromatic heterocycles. The van der Waals surface area contributed by atoms with Crippen molar-refractivity contribution in [2.75, 3.05) is 0 Å². The normalized spacial score (nSPS) is 19.9. The fourth-order valence-electron chi connectivity index (χ4n) is 0.732. The Bertz CT molecular complexity index is 181. The van der Waals surface area contributed by atoms with Gasteiger partial charge >= 0.3 is 0 Å². The van der Waals surface area contributed by atoms with Gasteiger partial charge in [-0.1, -0.05) is 15.9 Å². The lowest BCUT2D eigenvalue weighted by molar-refractivity contribution is 0.908. The molecule has 0 saturated heterocycles. The monoisotopic (exact) mass is 188 g/mol. The number of hydrogen-bond donors (Lipinski definition) is 2. The summed E-state index contributed by atoms with van der Waals surface area (Å²) in [4.78, 5) is 0. The fraction of sp³-hybridized carbons (Fsp3) is 0.333. The molecule has 9 heavy (non-hydrogen) atoms. The van der Waals surface area contributed by atoms with Gasteiger partial charge in [0.25, 0.3) is 0 Å². The molecule has 0 saturated carbocycles. The Morgan fingerprint density at radius 3 is 2.44 bits per heavy atom. The summed E-state index contributed by atoms with van der Waals surface area (Å²) in [5.74, 6) is 0. The van der Waals surface area contributed by atoms with Gasteiger partial charge in [0, 0.05) is 5.70 Å². The molecule has 0 fully saturated rings. The van der Waals surface area contributed by atoms with Gasteiger partial charge in [-0.25, -0.2) is 0 Å². The van der Waals surface area contributed by atoms with E-state index >= 15 is 0 Å². The Morgan fingerprint density at radius 2 is 2.00 bits per heavy atom. The van der Waals surface area contributed by atoms with Crippen LogP contribution in [0.1, 0.15) is 12.8 Å². The second-order valence-electron chi connectivity index (χ2n) is 2.07. The summed E-state index contributed by atoms with van der Waals surface area (Å²) < 4.78 is 1.13. The first kappa shape index (κ1) is 6.68. The fourth-order valence-corrected chi connectivity index (χ4v) is 1.18. The molecule has 0 aliphatic heterocycles. The van der Waals surface area contributed by atoms with Crippen LogP contribution in [-0.2, 0) is 0 Å². The van der Waals surface area contributed by atoms with Gasteiger partial charge in [-0.15, -0.1) is 0 Å². The van der Waals surface area contributed by atoms with Crippen molar-refractivity contribution in [2.24, 2.45) is 11.5 Å². The zero-order valence-electron chi connectivity index (χ0n) is 5.02. The number of nitrogens with two attached hydrogens (primary N) is 2. The third-order valence-electron chi connectivity index (χ3n) is 1.32. The van der Waals surface area contributed by atoms with Gasteiger partial charge in [-0.2, -0.15) is 0 Å². The molecule has 4 N–H and O–H groups in total. The molecule has 3 heteroatoms. The molecule has 0 spiro atoms. The number of rotatable bonds is 0. The molecule has 0 amide bonds. The zero-order valence-corrected chi connectivity index (χ0v) is 6.61. The molecule has 0 aromatic rings. The lowest BCUT2D eigenvalue weighted by atomic mass is 10.1. The molecule has 2 nitrogen and oxygen atoms in total. The van der Waals surface area contributed by atoms with Gasteiger partial charge < -0.3 is 11.5 Å². The highest BCUT2D eigenvalue weighted by molar-refractivity contribution is 9.11. The van der Waals surface area contributed by atoms with Gasteiger partial charge in [0.15, 0.2) is 0 Å². The molecule has 0 aromatic carbocycles. The highest BCUT2D eigenvalue weighted by Gasteiger charge is 2.04. The van der Waals surface area contributed by atoms with E-state index in [9.17, 15) is 0 Å². The van der Waals surface area contributed by atoms with Crippen LogP contribution in [0.5, 0.6) is 0 Å². The first-order valence-electron chi connectivity index (χ1n) is 2.80. The van der Waals surface area contributed by atoms with E-state index in [2.05, 4.69) is 15.9 Å². The second-order valence-corrected chi connectivity index (χ2v) is 3.09. The predicted molar refractivity (Wildman–Crippen MR) is 41.6 cm³/mol. The quantitative estimate of drug-likeness (QED) is 0.601. The summed E-state index contributed by atoms with van der Waals surface area (Å²) in [6, 6.07) is 0. The average molecular weight is 189 g/mol. The largest absolute Gasteiger partial charge is 0.400 e. The maximum atomic E-state index is 5.53. The Morgan fingerprint density at radius 1 is 1.33 bits per heavy atom. The van der Waals surface area contributed by atoms with Crippen LogP contribution in [-0.4, -0.2) is 0 Å². The lowest BCUT2D eigenvalue weighted by Crippen LogP contribution is -2.11. The zero-order chi connectivity index (χ0) is 6.85. The summed E-state index contributed by atoms with van der Waals surface area (Å²) in [5.41, 5.74) is 12.6. The average Bonchev–Trinajstić information content (AvgIpc) is 1.80. The van der Waals surface area contributed by atoms with Gasteiger partial charge in [-0.05, 0) is 23.4 Å². The van der Waals surface area contributed by atoms with E-state index < -0.39 is 0 Å². The first-order chi connectivity index (χ1) is 4.20. The SMILES string of the molecule is NC1=C(N)CCC(Br)=C1. The van der Waals surface area contributed by atoms with E-state index in [1.54, 1.807) is 0 Å². The minimum absolute atomic E-state index is 0.702. The summed E-state index contributed by atoms with van der Waals surface area (Å²) in [5, 5.41) is 0. The maximum absolute atomic E-state index is 5.53. The number of hydrogen-bond acceptors (Lipinski definition) is 2. The Hall–Kier alpha value is -0.440.